The van der Waals surface area contributed by atoms with Gasteiger partial charge in [-0.25, -0.2) is 0 Å². The maximum absolute atomic E-state index is 5.55. The number of nitrogens with zero attached hydrogens (tertiary/aromatic N) is 2. The van der Waals surface area contributed by atoms with Gasteiger partial charge < -0.3 is 15.5 Å². The van der Waals surface area contributed by atoms with Crippen molar-refractivity contribution in [3.8, 4) is 0 Å². The number of hydrogen-bond acceptors (Lipinski definition) is 3. The van der Waals surface area contributed by atoms with Gasteiger partial charge in [0.1, 0.15) is 0 Å². The van der Waals surface area contributed by atoms with Crippen molar-refractivity contribution in [3.05, 3.63) is 66.2 Å². The molecule has 0 amide bonds. The summed E-state index contributed by atoms with van der Waals surface area (Å²) in [7, 11) is 2.19. The summed E-state index contributed by atoms with van der Waals surface area (Å²) >= 11 is 5.55. The average molecular weight is 369 g/mol. The van der Waals surface area contributed by atoms with Crippen LogP contribution in [0.5, 0.6) is 0 Å². The first-order valence-electron chi connectivity index (χ1n) is 9.23. The van der Waals surface area contributed by atoms with Crippen molar-refractivity contribution >= 4 is 23.0 Å². The molecule has 0 radical (unpaired) electrons. The molecule has 4 nitrogen and oxygen atoms in total. The van der Waals surface area contributed by atoms with Crippen LogP contribution in [-0.2, 0) is 0 Å². The van der Waals surface area contributed by atoms with Crippen LogP contribution < -0.4 is 10.6 Å². The normalized spacial score (nSPS) is 18.1. The predicted octanol–water partition coefficient (Wildman–Crippen LogP) is 3.35. The number of hydrogen-bond donors (Lipinski definition) is 2. The van der Waals surface area contributed by atoms with Crippen LogP contribution in [0.3, 0.4) is 0 Å². The van der Waals surface area contributed by atoms with Gasteiger partial charge in [0.2, 0.25) is 0 Å². The summed E-state index contributed by atoms with van der Waals surface area (Å²) in [6.45, 7) is 6.56. The van der Waals surface area contributed by atoms with E-state index < -0.39 is 0 Å². The van der Waals surface area contributed by atoms with Crippen molar-refractivity contribution in [1.29, 1.82) is 0 Å². The van der Waals surface area contributed by atoms with Crippen LogP contribution in [0.15, 0.2) is 60.7 Å². The molecule has 138 valence electrons. The highest BCUT2D eigenvalue weighted by atomic mass is 32.1. The van der Waals surface area contributed by atoms with Crippen molar-refractivity contribution in [3.63, 3.8) is 0 Å². The molecule has 0 spiro atoms. The zero-order valence-electron chi connectivity index (χ0n) is 15.6. The van der Waals surface area contributed by atoms with Crippen molar-refractivity contribution in [2.75, 3.05) is 38.5 Å². The molecule has 0 unspecified atom stereocenters. The Morgan fingerprint density at radius 3 is 2.12 bits per heavy atom. The molecule has 2 atom stereocenters. The van der Waals surface area contributed by atoms with Crippen molar-refractivity contribution in [2.24, 2.45) is 0 Å². The first kappa shape index (κ1) is 18.8. The van der Waals surface area contributed by atoms with Gasteiger partial charge in [0, 0.05) is 37.9 Å². The smallest absolute Gasteiger partial charge is 0.171 e. The van der Waals surface area contributed by atoms with Crippen molar-refractivity contribution in [2.45, 2.75) is 19.0 Å². The molecule has 0 saturated carbocycles. The van der Waals surface area contributed by atoms with Gasteiger partial charge in [-0.15, -0.1) is 0 Å². The zero-order chi connectivity index (χ0) is 18.4. The largest absolute Gasteiger partial charge is 0.358 e. The van der Waals surface area contributed by atoms with Gasteiger partial charge in [0.15, 0.2) is 5.11 Å². The topological polar surface area (TPSA) is 30.5 Å². The second-order valence-corrected chi connectivity index (χ2v) is 7.36. The molecule has 2 N–H and O–H groups in total. The second kappa shape index (κ2) is 9.12. The van der Waals surface area contributed by atoms with Gasteiger partial charge in [0.05, 0.1) is 6.04 Å². The van der Waals surface area contributed by atoms with Crippen LogP contribution in [0.4, 0.5) is 5.69 Å². The highest BCUT2D eigenvalue weighted by Crippen LogP contribution is 2.25. The fourth-order valence-corrected chi connectivity index (χ4v) is 3.84. The molecule has 3 rings (SSSR count). The first-order chi connectivity index (χ1) is 12.6. The molecule has 1 saturated heterocycles. The first-order valence-corrected chi connectivity index (χ1v) is 9.64. The van der Waals surface area contributed by atoms with E-state index >= 15 is 0 Å². The number of rotatable bonds is 5. The van der Waals surface area contributed by atoms with Crippen LogP contribution >= 0.6 is 12.2 Å². The summed E-state index contributed by atoms with van der Waals surface area (Å²) in [6, 6.07) is 21.3. The summed E-state index contributed by atoms with van der Waals surface area (Å²) in [5.41, 5.74) is 2.34. The molecule has 5 heteroatoms. The summed E-state index contributed by atoms with van der Waals surface area (Å²) in [5.74, 6) is 0. The Bertz CT molecular complexity index is 684. The van der Waals surface area contributed by atoms with E-state index in [4.69, 9.17) is 12.2 Å². The van der Waals surface area contributed by atoms with Crippen LogP contribution in [0.1, 0.15) is 18.5 Å². The van der Waals surface area contributed by atoms with Crippen molar-refractivity contribution < 1.29 is 0 Å². The minimum absolute atomic E-state index is 0.199. The molecule has 2 aromatic carbocycles. The molecule has 0 bridgehead atoms. The van der Waals surface area contributed by atoms with Gasteiger partial charge in [-0.2, -0.15) is 0 Å². The summed E-state index contributed by atoms with van der Waals surface area (Å²) < 4.78 is 0. The second-order valence-electron chi connectivity index (χ2n) is 6.95. The fraction of sp³-hybridized carbons (Fsp3) is 0.381. The van der Waals surface area contributed by atoms with Gasteiger partial charge >= 0.3 is 0 Å². The minimum atomic E-state index is 0.199. The SMILES string of the molecule is C[C@H](NC(=S)Nc1ccccc1)[C@H](c1ccccc1)N1CCN(C)CC1. The van der Waals surface area contributed by atoms with Crippen LogP contribution in [0.2, 0.25) is 0 Å². The summed E-state index contributed by atoms with van der Waals surface area (Å²) in [6.07, 6.45) is 0. The number of piperazine rings is 1. The van der Waals surface area contributed by atoms with E-state index in [1.807, 2.05) is 30.3 Å². The third-order valence-electron chi connectivity index (χ3n) is 4.94. The third kappa shape index (κ3) is 5.04. The quantitative estimate of drug-likeness (QED) is 0.791. The van der Waals surface area contributed by atoms with Gasteiger partial charge in [-0.05, 0) is 43.9 Å². The molecule has 1 heterocycles. The maximum atomic E-state index is 5.55. The number of nitrogens with one attached hydrogen (secondary N) is 2. The highest BCUT2D eigenvalue weighted by Gasteiger charge is 2.28. The molecule has 26 heavy (non-hydrogen) atoms. The third-order valence-corrected chi connectivity index (χ3v) is 5.16. The molecular weight excluding hydrogens is 340 g/mol. The van der Waals surface area contributed by atoms with Gasteiger partial charge in [-0.3, -0.25) is 4.90 Å². The lowest BCUT2D eigenvalue weighted by Crippen LogP contribution is -2.52. The van der Waals surface area contributed by atoms with E-state index in [9.17, 15) is 0 Å². The van der Waals surface area contributed by atoms with E-state index in [1.54, 1.807) is 0 Å². The number of benzene rings is 2. The van der Waals surface area contributed by atoms with E-state index in [0.717, 1.165) is 31.9 Å². The lowest BCUT2D eigenvalue weighted by Gasteiger charge is -2.41. The van der Waals surface area contributed by atoms with E-state index in [1.165, 1.54) is 5.56 Å². The maximum Gasteiger partial charge on any atom is 0.171 e. The Kier molecular flexibility index (Phi) is 6.61. The number of likely N-dealkylation sites (N-methyl/N-ethyl adjacent to an activating group) is 1. The Labute approximate surface area is 162 Å². The van der Waals surface area contributed by atoms with E-state index in [-0.39, 0.29) is 6.04 Å². The molecule has 2 aromatic rings. The lowest BCUT2D eigenvalue weighted by atomic mass is 9.98. The minimum Gasteiger partial charge on any atom is -0.358 e. The van der Waals surface area contributed by atoms with Crippen molar-refractivity contribution in [1.82, 2.24) is 15.1 Å². The van der Waals surface area contributed by atoms with E-state index in [0.29, 0.717) is 11.2 Å². The van der Waals surface area contributed by atoms with Crippen LogP contribution in [0, 0.1) is 0 Å². The number of anilines is 1. The Balaban J connectivity index is 1.70. The Morgan fingerprint density at radius 2 is 1.50 bits per heavy atom. The van der Waals surface area contributed by atoms with Crippen LogP contribution in [-0.4, -0.2) is 54.2 Å². The molecule has 0 aromatic heterocycles. The highest BCUT2D eigenvalue weighted by molar-refractivity contribution is 7.80. The fourth-order valence-electron chi connectivity index (χ4n) is 3.54. The summed E-state index contributed by atoms with van der Waals surface area (Å²) in [4.78, 5) is 4.95. The van der Waals surface area contributed by atoms with E-state index in [2.05, 4.69) is 64.7 Å². The van der Waals surface area contributed by atoms with Gasteiger partial charge in [-0.1, -0.05) is 48.5 Å². The van der Waals surface area contributed by atoms with Crippen LogP contribution in [0.25, 0.3) is 0 Å². The predicted molar refractivity (Wildman–Crippen MR) is 114 cm³/mol. The molecular formula is C21H28N4S. The number of thiocarbonyl (C=S) groups is 1. The Hall–Kier alpha value is -1.95. The molecule has 1 aliphatic heterocycles. The number of para-hydroxylation sites is 1. The average Bonchev–Trinajstić information content (AvgIpc) is 2.65. The summed E-state index contributed by atoms with van der Waals surface area (Å²) in [5, 5.41) is 7.45. The van der Waals surface area contributed by atoms with Gasteiger partial charge in [0.25, 0.3) is 0 Å². The zero-order valence-corrected chi connectivity index (χ0v) is 16.4. The standard InChI is InChI=1S/C21H28N4S/c1-17(22-21(26)23-19-11-7-4-8-12-19)20(18-9-5-3-6-10-18)25-15-13-24(2)14-16-25/h3-12,17,20H,13-16H2,1-2H3,(H2,22,23,26)/t17-,20+/m0/s1. The molecule has 1 aliphatic rings. The molecule has 1 fully saturated rings. The lowest BCUT2D eigenvalue weighted by molar-refractivity contribution is 0.0973. The Morgan fingerprint density at radius 1 is 0.923 bits per heavy atom. The molecule has 0 aliphatic carbocycles. The monoisotopic (exact) mass is 368 g/mol.